The summed E-state index contributed by atoms with van der Waals surface area (Å²) >= 11 is 0. The number of hydrogen-bond acceptors (Lipinski definition) is 6. The van der Waals surface area contributed by atoms with Crippen molar-refractivity contribution in [3.63, 3.8) is 0 Å². The van der Waals surface area contributed by atoms with Crippen LogP contribution in [-0.4, -0.2) is 36.0 Å². The lowest BCUT2D eigenvalue weighted by atomic mass is 9.85. The first-order chi connectivity index (χ1) is 8.47. The highest BCUT2D eigenvalue weighted by molar-refractivity contribution is 4.95. The summed E-state index contributed by atoms with van der Waals surface area (Å²) in [5, 5.41) is 3.93. The molecule has 1 aromatic rings. The van der Waals surface area contributed by atoms with E-state index >= 15 is 0 Å². The lowest BCUT2D eigenvalue weighted by molar-refractivity contribution is -0.0941. The molecule has 6 nitrogen and oxygen atoms in total. The fraction of sp³-hybridized carbons (Fsp3) is 0.833. The minimum Gasteiger partial charge on any atom is -0.376 e. The van der Waals surface area contributed by atoms with Crippen molar-refractivity contribution < 1.29 is 14.0 Å². The Morgan fingerprint density at radius 1 is 1.39 bits per heavy atom. The van der Waals surface area contributed by atoms with Gasteiger partial charge in [0.05, 0.1) is 19.8 Å². The van der Waals surface area contributed by atoms with E-state index in [0.717, 1.165) is 0 Å². The third-order valence-corrected chi connectivity index (χ3v) is 3.09. The van der Waals surface area contributed by atoms with Gasteiger partial charge in [-0.25, -0.2) is 0 Å². The summed E-state index contributed by atoms with van der Waals surface area (Å²) in [6.07, 6.45) is 0.353. The molecule has 2 unspecified atom stereocenters. The number of hydrogen-bond donors (Lipinski definition) is 1. The van der Waals surface area contributed by atoms with Crippen LogP contribution in [-0.2, 0) is 15.9 Å². The smallest absolute Gasteiger partial charge is 0.228 e. The molecule has 2 heterocycles. The first kappa shape index (κ1) is 13.5. The van der Waals surface area contributed by atoms with Gasteiger partial charge in [0.1, 0.15) is 6.10 Å². The maximum Gasteiger partial charge on any atom is 0.228 e. The van der Waals surface area contributed by atoms with E-state index in [4.69, 9.17) is 19.7 Å². The van der Waals surface area contributed by atoms with Gasteiger partial charge in [0, 0.05) is 12.5 Å². The summed E-state index contributed by atoms with van der Waals surface area (Å²) in [6, 6.07) is -0.0191. The number of nitrogens with two attached hydrogens (primary N) is 1. The second-order valence-corrected chi connectivity index (χ2v) is 5.66. The molecule has 2 rings (SSSR count). The fourth-order valence-corrected chi connectivity index (χ4v) is 1.61. The van der Waals surface area contributed by atoms with Crippen molar-refractivity contribution in [3.8, 4) is 0 Å². The van der Waals surface area contributed by atoms with E-state index in [-0.39, 0.29) is 17.6 Å². The van der Waals surface area contributed by atoms with Gasteiger partial charge in [0.15, 0.2) is 0 Å². The molecule has 0 amide bonds. The van der Waals surface area contributed by atoms with Gasteiger partial charge in [-0.15, -0.1) is 0 Å². The number of ether oxygens (including phenoxy) is 2. The molecule has 0 spiro atoms. The number of rotatable bonds is 3. The molecule has 2 atom stereocenters. The van der Waals surface area contributed by atoms with Crippen LogP contribution >= 0.6 is 0 Å². The molecule has 0 aromatic carbocycles. The molecule has 102 valence electrons. The molecule has 0 radical (unpaired) electrons. The molecule has 0 aliphatic carbocycles. The summed E-state index contributed by atoms with van der Waals surface area (Å²) in [4.78, 5) is 4.32. The molecule has 1 aliphatic rings. The van der Waals surface area contributed by atoms with Crippen LogP contribution in [0.1, 0.15) is 38.6 Å². The van der Waals surface area contributed by atoms with Crippen molar-refractivity contribution in [2.75, 3.05) is 19.8 Å². The molecule has 18 heavy (non-hydrogen) atoms. The van der Waals surface area contributed by atoms with Crippen molar-refractivity contribution in [1.82, 2.24) is 10.1 Å². The summed E-state index contributed by atoms with van der Waals surface area (Å²) < 4.78 is 16.0. The van der Waals surface area contributed by atoms with Crippen molar-refractivity contribution >= 4 is 0 Å². The fourth-order valence-electron chi connectivity index (χ4n) is 1.61. The van der Waals surface area contributed by atoms with Gasteiger partial charge in [-0.2, -0.15) is 4.98 Å². The topological polar surface area (TPSA) is 83.4 Å². The van der Waals surface area contributed by atoms with Crippen LogP contribution in [0.5, 0.6) is 0 Å². The van der Waals surface area contributed by atoms with Crippen molar-refractivity contribution in [2.45, 2.75) is 39.3 Å². The highest BCUT2D eigenvalue weighted by atomic mass is 16.6. The average molecular weight is 255 g/mol. The zero-order chi connectivity index (χ0) is 13.2. The van der Waals surface area contributed by atoms with Gasteiger partial charge in [-0.05, 0) is 5.41 Å². The molecule has 0 saturated carbocycles. The predicted molar refractivity (Wildman–Crippen MR) is 64.9 cm³/mol. The van der Waals surface area contributed by atoms with E-state index in [1.54, 1.807) is 0 Å². The molecular formula is C12H21N3O3. The van der Waals surface area contributed by atoms with Crippen LogP contribution < -0.4 is 5.73 Å². The lowest BCUT2D eigenvalue weighted by Crippen LogP contribution is -2.37. The average Bonchev–Trinajstić information content (AvgIpc) is 2.77. The van der Waals surface area contributed by atoms with Gasteiger partial charge in [0.2, 0.25) is 11.7 Å². The van der Waals surface area contributed by atoms with Crippen LogP contribution in [0.25, 0.3) is 0 Å². The standard InChI is InChI=1S/C12H21N3O3/c1-12(2,3)9(13)6-10-14-11(15-18-10)8-7-16-4-5-17-8/h8-9H,4-7,13H2,1-3H3. The van der Waals surface area contributed by atoms with Crippen LogP contribution in [0, 0.1) is 5.41 Å². The maximum atomic E-state index is 6.09. The van der Waals surface area contributed by atoms with Crippen LogP contribution in [0.15, 0.2) is 4.52 Å². The first-order valence-corrected chi connectivity index (χ1v) is 6.24. The Hall–Kier alpha value is -0.980. The second-order valence-electron chi connectivity index (χ2n) is 5.66. The van der Waals surface area contributed by atoms with Crippen LogP contribution in [0.3, 0.4) is 0 Å². The van der Waals surface area contributed by atoms with E-state index in [1.165, 1.54) is 0 Å². The van der Waals surface area contributed by atoms with E-state index in [1.807, 2.05) is 0 Å². The maximum absolute atomic E-state index is 6.09. The molecule has 6 heteroatoms. The quantitative estimate of drug-likeness (QED) is 0.870. The SMILES string of the molecule is CC(C)(C)C(N)Cc1nc(C2COCCO2)no1. The van der Waals surface area contributed by atoms with E-state index in [2.05, 4.69) is 30.9 Å². The normalized spacial score (nSPS) is 23.0. The second kappa shape index (κ2) is 5.34. The molecule has 1 aliphatic heterocycles. The highest BCUT2D eigenvalue weighted by Crippen LogP contribution is 2.22. The number of aromatic nitrogens is 2. The zero-order valence-electron chi connectivity index (χ0n) is 11.2. The minimum absolute atomic E-state index is 0.0130. The van der Waals surface area contributed by atoms with E-state index in [0.29, 0.717) is 38.0 Å². The third kappa shape index (κ3) is 3.28. The van der Waals surface area contributed by atoms with Gasteiger partial charge in [-0.1, -0.05) is 25.9 Å². The third-order valence-electron chi connectivity index (χ3n) is 3.09. The van der Waals surface area contributed by atoms with Crippen molar-refractivity contribution in [2.24, 2.45) is 11.1 Å². The van der Waals surface area contributed by atoms with Crippen molar-refractivity contribution in [3.05, 3.63) is 11.7 Å². The van der Waals surface area contributed by atoms with Crippen molar-refractivity contribution in [1.29, 1.82) is 0 Å². The first-order valence-electron chi connectivity index (χ1n) is 6.24. The van der Waals surface area contributed by atoms with Crippen LogP contribution in [0.4, 0.5) is 0 Å². The Labute approximate surface area is 107 Å². The van der Waals surface area contributed by atoms with Gasteiger partial charge >= 0.3 is 0 Å². The molecule has 0 bridgehead atoms. The predicted octanol–water partition coefficient (Wildman–Crippen LogP) is 1.07. The van der Waals surface area contributed by atoms with E-state index < -0.39 is 0 Å². The van der Waals surface area contributed by atoms with Gasteiger partial charge in [-0.3, -0.25) is 0 Å². The Balaban J connectivity index is 1.97. The molecular weight excluding hydrogens is 234 g/mol. The van der Waals surface area contributed by atoms with Gasteiger partial charge < -0.3 is 19.7 Å². The zero-order valence-corrected chi connectivity index (χ0v) is 11.2. The Morgan fingerprint density at radius 3 is 2.78 bits per heavy atom. The Bertz CT molecular complexity index is 380. The lowest BCUT2D eigenvalue weighted by Gasteiger charge is -2.25. The minimum atomic E-state index is -0.220. The molecule has 1 aromatic heterocycles. The monoisotopic (exact) mass is 255 g/mol. The van der Waals surface area contributed by atoms with E-state index in [9.17, 15) is 0 Å². The largest absolute Gasteiger partial charge is 0.376 e. The summed E-state index contributed by atoms with van der Waals surface area (Å²) in [5.74, 6) is 1.10. The molecule has 1 fully saturated rings. The van der Waals surface area contributed by atoms with Gasteiger partial charge in [0.25, 0.3) is 0 Å². The molecule has 1 saturated heterocycles. The molecule has 2 N–H and O–H groups in total. The van der Waals surface area contributed by atoms with Crippen LogP contribution in [0.2, 0.25) is 0 Å². The summed E-state index contributed by atoms with van der Waals surface area (Å²) in [7, 11) is 0. The Kier molecular flexibility index (Phi) is 3.99. The number of nitrogens with zero attached hydrogens (tertiary/aromatic N) is 2. The Morgan fingerprint density at radius 2 is 2.17 bits per heavy atom. The highest BCUT2D eigenvalue weighted by Gasteiger charge is 2.26. The summed E-state index contributed by atoms with van der Waals surface area (Å²) in [6.45, 7) is 7.93. The summed E-state index contributed by atoms with van der Waals surface area (Å²) in [5.41, 5.74) is 6.10.